The summed E-state index contributed by atoms with van der Waals surface area (Å²) in [5.74, 6) is 0.594. The van der Waals surface area contributed by atoms with Crippen LogP contribution >= 0.6 is 0 Å². The Balaban J connectivity index is 2.15. The predicted octanol–water partition coefficient (Wildman–Crippen LogP) is 1.87. The molecule has 0 saturated carbocycles. The van der Waals surface area contributed by atoms with Gasteiger partial charge in [-0.2, -0.15) is 0 Å². The average molecular weight is 250 g/mol. The van der Waals surface area contributed by atoms with Crippen molar-refractivity contribution in [2.75, 3.05) is 19.6 Å². The molecule has 1 aromatic carbocycles. The Hall–Kier alpha value is -0.900. The molecular formula is C15H26N2O. The number of hydrogen-bond acceptors (Lipinski definition) is 3. The highest BCUT2D eigenvalue weighted by molar-refractivity contribution is 5.24. The molecule has 0 heterocycles. The van der Waals surface area contributed by atoms with Crippen LogP contribution in [0, 0.1) is 0 Å². The van der Waals surface area contributed by atoms with E-state index >= 15 is 0 Å². The van der Waals surface area contributed by atoms with E-state index < -0.39 is 0 Å². The van der Waals surface area contributed by atoms with Gasteiger partial charge in [0, 0.05) is 26.2 Å². The number of aliphatic hydroxyl groups is 1. The topological polar surface area (TPSA) is 44.3 Å². The van der Waals surface area contributed by atoms with Crippen molar-refractivity contribution in [1.29, 1.82) is 0 Å². The number of rotatable bonds is 8. The first-order valence-electron chi connectivity index (χ1n) is 6.78. The van der Waals surface area contributed by atoms with Gasteiger partial charge in [-0.25, -0.2) is 0 Å². The summed E-state index contributed by atoms with van der Waals surface area (Å²) in [5, 5.41) is 15.6. The summed E-state index contributed by atoms with van der Waals surface area (Å²) in [4.78, 5) is 0. The van der Waals surface area contributed by atoms with Crippen molar-refractivity contribution < 1.29 is 5.11 Å². The van der Waals surface area contributed by atoms with Crippen molar-refractivity contribution in [1.82, 2.24) is 10.6 Å². The zero-order chi connectivity index (χ0) is 13.4. The van der Waals surface area contributed by atoms with Gasteiger partial charge in [0.2, 0.25) is 0 Å². The third-order valence-electron chi connectivity index (χ3n) is 2.89. The molecule has 1 aromatic rings. The highest BCUT2D eigenvalue weighted by atomic mass is 16.3. The van der Waals surface area contributed by atoms with Crippen molar-refractivity contribution in [2.45, 2.75) is 39.3 Å². The molecule has 0 spiro atoms. The summed E-state index contributed by atoms with van der Waals surface area (Å²) in [7, 11) is 0. The molecule has 18 heavy (non-hydrogen) atoms. The molecule has 0 unspecified atom stereocenters. The first kappa shape index (κ1) is 15.2. The molecule has 3 nitrogen and oxygen atoms in total. The van der Waals surface area contributed by atoms with Crippen molar-refractivity contribution >= 4 is 0 Å². The largest absolute Gasteiger partial charge is 0.392 e. The molecular weight excluding hydrogens is 224 g/mol. The summed E-state index contributed by atoms with van der Waals surface area (Å²) < 4.78 is 0. The van der Waals surface area contributed by atoms with Gasteiger partial charge in [0.1, 0.15) is 0 Å². The van der Waals surface area contributed by atoms with Gasteiger partial charge in [-0.1, -0.05) is 38.1 Å². The van der Waals surface area contributed by atoms with Gasteiger partial charge in [0.05, 0.1) is 6.10 Å². The van der Waals surface area contributed by atoms with Gasteiger partial charge in [-0.15, -0.1) is 0 Å². The van der Waals surface area contributed by atoms with Gasteiger partial charge in [0.15, 0.2) is 0 Å². The lowest BCUT2D eigenvalue weighted by molar-refractivity contribution is 0.191. The normalized spacial score (nSPS) is 12.9. The quantitative estimate of drug-likeness (QED) is 0.617. The molecule has 3 N–H and O–H groups in total. The Kier molecular flexibility index (Phi) is 6.94. The Morgan fingerprint density at radius 2 is 1.61 bits per heavy atom. The lowest BCUT2D eigenvalue weighted by atomic mass is 10.0. The Morgan fingerprint density at radius 1 is 1.00 bits per heavy atom. The van der Waals surface area contributed by atoms with Gasteiger partial charge in [-0.3, -0.25) is 0 Å². The van der Waals surface area contributed by atoms with Crippen LogP contribution in [0.15, 0.2) is 24.3 Å². The molecule has 0 saturated heterocycles. The second-order valence-corrected chi connectivity index (χ2v) is 5.13. The smallest absolute Gasteiger partial charge is 0.0636 e. The summed E-state index contributed by atoms with van der Waals surface area (Å²) >= 11 is 0. The van der Waals surface area contributed by atoms with Crippen LogP contribution in [0.4, 0.5) is 0 Å². The van der Waals surface area contributed by atoms with Gasteiger partial charge in [-0.05, 0) is 24.0 Å². The van der Waals surface area contributed by atoms with Gasteiger partial charge < -0.3 is 15.7 Å². The predicted molar refractivity (Wildman–Crippen MR) is 76.8 cm³/mol. The maximum absolute atomic E-state index is 9.07. The molecule has 1 atom stereocenters. The number of hydrogen-bond donors (Lipinski definition) is 3. The number of benzene rings is 1. The number of aliphatic hydroxyl groups excluding tert-OH is 1. The Bertz CT molecular complexity index is 320. The Morgan fingerprint density at radius 3 is 2.17 bits per heavy atom. The van der Waals surface area contributed by atoms with E-state index in [-0.39, 0.29) is 6.10 Å². The van der Waals surface area contributed by atoms with Crippen LogP contribution in [0.2, 0.25) is 0 Å². The first-order chi connectivity index (χ1) is 8.59. The third-order valence-corrected chi connectivity index (χ3v) is 2.89. The lowest BCUT2D eigenvalue weighted by Gasteiger charge is -2.09. The zero-order valence-corrected chi connectivity index (χ0v) is 11.7. The minimum absolute atomic E-state index is 0.270. The minimum Gasteiger partial charge on any atom is -0.392 e. The molecule has 0 aliphatic rings. The Labute approximate surface area is 111 Å². The van der Waals surface area contributed by atoms with E-state index in [0.717, 1.165) is 19.6 Å². The standard InChI is InChI=1S/C15H26N2O/c1-12(2)15-6-4-14(5-7-15)11-17-9-8-16-10-13(3)18/h4-7,12-13,16-18H,8-11H2,1-3H3/t13-/m0/s1. The van der Waals surface area contributed by atoms with E-state index in [9.17, 15) is 0 Å². The SMILES string of the molecule is CC(C)c1ccc(CNCCNC[C@H](C)O)cc1. The second kappa shape index (κ2) is 8.25. The summed E-state index contributed by atoms with van der Waals surface area (Å²) in [6, 6.07) is 8.78. The molecule has 3 heteroatoms. The molecule has 0 radical (unpaired) electrons. The van der Waals surface area contributed by atoms with E-state index in [1.807, 2.05) is 0 Å². The first-order valence-corrected chi connectivity index (χ1v) is 6.78. The minimum atomic E-state index is -0.270. The van der Waals surface area contributed by atoms with Gasteiger partial charge in [0.25, 0.3) is 0 Å². The van der Waals surface area contributed by atoms with Crippen LogP contribution in [-0.4, -0.2) is 30.8 Å². The van der Waals surface area contributed by atoms with Crippen molar-refractivity contribution in [2.24, 2.45) is 0 Å². The molecule has 0 bridgehead atoms. The van der Waals surface area contributed by atoms with E-state index in [0.29, 0.717) is 12.5 Å². The maximum atomic E-state index is 9.07. The molecule has 0 amide bonds. The summed E-state index contributed by atoms with van der Waals surface area (Å²) in [6.07, 6.45) is -0.270. The van der Waals surface area contributed by atoms with E-state index in [4.69, 9.17) is 5.11 Å². The highest BCUT2D eigenvalue weighted by Crippen LogP contribution is 2.14. The monoisotopic (exact) mass is 250 g/mol. The van der Waals surface area contributed by atoms with E-state index in [2.05, 4.69) is 48.7 Å². The second-order valence-electron chi connectivity index (χ2n) is 5.13. The van der Waals surface area contributed by atoms with Crippen LogP contribution in [-0.2, 0) is 6.54 Å². The molecule has 0 aromatic heterocycles. The summed E-state index contributed by atoms with van der Waals surface area (Å²) in [6.45, 7) is 9.56. The molecule has 1 rings (SSSR count). The van der Waals surface area contributed by atoms with E-state index in [1.54, 1.807) is 6.92 Å². The number of nitrogens with one attached hydrogen (secondary N) is 2. The van der Waals surface area contributed by atoms with Crippen LogP contribution in [0.25, 0.3) is 0 Å². The molecule has 102 valence electrons. The van der Waals surface area contributed by atoms with Crippen molar-refractivity contribution in [3.05, 3.63) is 35.4 Å². The molecule has 0 aliphatic carbocycles. The fraction of sp³-hybridized carbons (Fsp3) is 0.600. The third kappa shape index (κ3) is 6.15. The van der Waals surface area contributed by atoms with Crippen molar-refractivity contribution in [3.8, 4) is 0 Å². The lowest BCUT2D eigenvalue weighted by Crippen LogP contribution is -2.31. The van der Waals surface area contributed by atoms with Crippen LogP contribution < -0.4 is 10.6 Å². The zero-order valence-electron chi connectivity index (χ0n) is 11.7. The van der Waals surface area contributed by atoms with Crippen molar-refractivity contribution in [3.63, 3.8) is 0 Å². The fourth-order valence-electron chi connectivity index (χ4n) is 1.74. The highest BCUT2D eigenvalue weighted by Gasteiger charge is 1.98. The summed E-state index contributed by atoms with van der Waals surface area (Å²) in [5.41, 5.74) is 2.70. The molecule has 0 aliphatic heterocycles. The maximum Gasteiger partial charge on any atom is 0.0636 e. The van der Waals surface area contributed by atoms with Crippen LogP contribution in [0.1, 0.15) is 37.8 Å². The van der Waals surface area contributed by atoms with Gasteiger partial charge >= 0.3 is 0 Å². The van der Waals surface area contributed by atoms with E-state index in [1.165, 1.54) is 11.1 Å². The van der Waals surface area contributed by atoms with Crippen LogP contribution in [0.5, 0.6) is 0 Å². The fourth-order valence-corrected chi connectivity index (χ4v) is 1.74. The van der Waals surface area contributed by atoms with Crippen LogP contribution in [0.3, 0.4) is 0 Å². The molecule has 0 fully saturated rings. The average Bonchev–Trinajstić information content (AvgIpc) is 2.34.